The molecule has 4 nitrogen and oxygen atoms in total. The van der Waals surface area contributed by atoms with E-state index in [0.717, 1.165) is 37.6 Å². The van der Waals surface area contributed by atoms with Crippen LogP contribution in [0.1, 0.15) is 43.7 Å². The van der Waals surface area contributed by atoms with Gasteiger partial charge in [0.25, 0.3) is 0 Å². The Labute approximate surface area is 137 Å². The fourth-order valence-corrected chi connectivity index (χ4v) is 3.88. The first-order valence-electron chi connectivity index (χ1n) is 8.61. The van der Waals surface area contributed by atoms with E-state index in [2.05, 4.69) is 41.6 Å². The number of hydrogen-bond acceptors (Lipinski definition) is 2. The quantitative estimate of drug-likeness (QED) is 0.812. The molecule has 0 aliphatic heterocycles. The van der Waals surface area contributed by atoms with Crippen LogP contribution < -0.4 is 11.1 Å². The Morgan fingerprint density at radius 2 is 2.26 bits per heavy atom. The highest BCUT2D eigenvalue weighted by atomic mass is 16.1. The Kier molecular flexibility index (Phi) is 4.44. The Morgan fingerprint density at radius 3 is 3.04 bits per heavy atom. The van der Waals surface area contributed by atoms with E-state index in [9.17, 15) is 4.79 Å². The molecule has 124 valence electrons. The van der Waals surface area contributed by atoms with E-state index in [1.165, 1.54) is 16.5 Å². The highest BCUT2D eigenvalue weighted by Gasteiger charge is 2.37. The van der Waals surface area contributed by atoms with Gasteiger partial charge in [-0.25, -0.2) is 0 Å². The molecule has 1 saturated carbocycles. The number of carbonyl (C=O) groups is 1. The van der Waals surface area contributed by atoms with Gasteiger partial charge in [0.1, 0.15) is 0 Å². The van der Waals surface area contributed by atoms with Crippen molar-refractivity contribution in [2.45, 2.75) is 51.5 Å². The van der Waals surface area contributed by atoms with Gasteiger partial charge in [0, 0.05) is 29.2 Å². The van der Waals surface area contributed by atoms with Crippen LogP contribution in [0.2, 0.25) is 0 Å². The van der Waals surface area contributed by atoms with Crippen LogP contribution in [0.4, 0.5) is 0 Å². The number of aromatic nitrogens is 1. The standard InChI is InChI=1S/C19H27N3O/c1-13-6-5-8-16-17(13)14(12-22-16)9-11-21-18(23)15-7-3-4-10-19(15,2)20/h5-6,8,12,15,22H,3-4,7,9-11,20H2,1-2H3,(H,21,23). The van der Waals surface area contributed by atoms with Crippen molar-refractivity contribution in [2.24, 2.45) is 11.7 Å². The molecule has 1 heterocycles. The molecule has 4 heteroatoms. The average Bonchev–Trinajstić information content (AvgIpc) is 2.91. The Hall–Kier alpha value is -1.81. The molecule has 1 aliphatic rings. The number of fused-ring (bicyclic) bond motifs is 1. The van der Waals surface area contributed by atoms with Crippen molar-refractivity contribution in [3.05, 3.63) is 35.5 Å². The third-order valence-corrected chi connectivity index (χ3v) is 5.26. The lowest BCUT2D eigenvalue weighted by Crippen LogP contribution is -2.53. The summed E-state index contributed by atoms with van der Waals surface area (Å²) in [5.41, 5.74) is 9.65. The van der Waals surface area contributed by atoms with Crippen LogP contribution in [0.5, 0.6) is 0 Å². The Morgan fingerprint density at radius 1 is 1.43 bits per heavy atom. The SMILES string of the molecule is Cc1cccc2[nH]cc(CCNC(=O)C3CCCCC3(C)N)c12. The van der Waals surface area contributed by atoms with Gasteiger partial charge < -0.3 is 16.0 Å². The number of aromatic amines is 1. The van der Waals surface area contributed by atoms with Gasteiger partial charge >= 0.3 is 0 Å². The minimum absolute atomic E-state index is 0.0547. The second-order valence-electron chi connectivity index (χ2n) is 7.16. The normalized spacial score (nSPS) is 24.7. The van der Waals surface area contributed by atoms with E-state index < -0.39 is 0 Å². The number of benzene rings is 1. The van der Waals surface area contributed by atoms with E-state index in [-0.39, 0.29) is 17.4 Å². The van der Waals surface area contributed by atoms with Crippen LogP contribution in [0.25, 0.3) is 10.9 Å². The minimum Gasteiger partial charge on any atom is -0.361 e. The second-order valence-corrected chi connectivity index (χ2v) is 7.16. The number of nitrogens with one attached hydrogen (secondary N) is 2. The summed E-state index contributed by atoms with van der Waals surface area (Å²) in [6, 6.07) is 6.28. The first kappa shape index (κ1) is 16.1. The first-order valence-corrected chi connectivity index (χ1v) is 8.61. The molecule has 2 unspecified atom stereocenters. The van der Waals surface area contributed by atoms with E-state index in [0.29, 0.717) is 6.54 Å². The lowest BCUT2D eigenvalue weighted by Gasteiger charge is -2.37. The molecule has 1 aromatic carbocycles. The molecule has 0 saturated heterocycles. The van der Waals surface area contributed by atoms with Crippen LogP contribution in [0, 0.1) is 12.8 Å². The van der Waals surface area contributed by atoms with Gasteiger partial charge in [-0.3, -0.25) is 4.79 Å². The summed E-state index contributed by atoms with van der Waals surface area (Å²) >= 11 is 0. The van der Waals surface area contributed by atoms with E-state index in [1.807, 2.05) is 6.92 Å². The molecular formula is C19H27N3O. The topological polar surface area (TPSA) is 70.9 Å². The fraction of sp³-hybridized carbons (Fsp3) is 0.526. The van der Waals surface area contributed by atoms with Crippen molar-refractivity contribution in [1.29, 1.82) is 0 Å². The van der Waals surface area contributed by atoms with Gasteiger partial charge in [0.15, 0.2) is 0 Å². The zero-order valence-corrected chi connectivity index (χ0v) is 14.1. The largest absolute Gasteiger partial charge is 0.361 e. The third-order valence-electron chi connectivity index (χ3n) is 5.26. The lowest BCUT2D eigenvalue weighted by molar-refractivity contribution is -0.128. The summed E-state index contributed by atoms with van der Waals surface area (Å²) in [5.74, 6) is 0.0622. The predicted molar refractivity (Wildman–Crippen MR) is 94.3 cm³/mol. The molecule has 23 heavy (non-hydrogen) atoms. The van der Waals surface area contributed by atoms with Crippen LogP contribution in [-0.2, 0) is 11.2 Å². The number of nitrogens with two attached hydrogens (primary N) is 1. The number of hydrogen-bond donors (Lipinski definition) is 3. The number of aryl methyl sites for hydroxylation is 1. The fourth-order valence-electron chi connectivity index (χ4n) is 3.88. The lowest BCUT2D eigenvalue weighted by atomic mass is 9.74. The number of carbonyl (C=O) groups excluding carboxylic acids is 1. The van der Waals surface area contributed by atoms with Crippen LogP contribution in [0.15, 0.2) is 24.4 Å². The highest BCUT2D eigenvalue weighted by Crippen LogP contribution is 2.31. The molecule has 0 bridgehead atoms. The molecule has 1 aliphatic carbocycles. The van der Waals surface area contributed by atoms with Crippen LogP contribution >= 0.6 is 0 Å². The predicted octanol–water partition coefficient (Wildman–Crippen LogP) is 3.04. The van der Waals surface area contributed by atoms with Crippen LogP contribution in [0.3, 0.4) is 0 Å². The van der Waals surface area contributed by atoms with Gasteiger partial charge in [-0.2, -0.15) is 0 Å². The summed E-state index contributed by atoms with van der Waals surface area (Å²) < 4.78 is 0. The van der Waals surface area contributed by atoms with E-state index in [1.54, 1.807) is 0 Å². The average molecular weight is 313 g/mol. The highest BCUT2D eigenvalue weighted by molar-refractivity contribution is 5.86. The number of rotatable bonds is 4. The zero-order chi connectivity index (χ0) is 16.4. The third kappa shape index (κ3) is 3.27. The molecule has 0 spiro atoms. The van der Waals surface area contributed by atoms with Gasteiger partial charge in [0.2, 0.25) is 5.91 Å². The number of amides is 1. The minimum atomic E-state index is -0.361. The van der Waals surface area contributed by atoms with Crippen molar-refractivity contribution in [3.63, 3.8) is 0 Å². The maximum atomic E-state index is 12.5. The summed E-state index contributed by atoms with van der Waals surface area (Å²) in [5, 5.41) is 4.38. The molecule has 2 atom stereocenters. The van der Waals surface area contributed by atoms with Crippen molar-refractivity contribution in [1.82, 2.24) is 10.3 Å². The molecular weight excluding hydrogens is 286 g/mol. The number of H-pyrrole nitrogens is 1. The van der Waals surface area contributed by atoms with E-state index >= 15 is 0 Å². The smallest absolute Gasteiger partial charge is 0.224 e. The van der Waals surface area contributed by atoms with Crippen LogP contribution in [-0.4, -0.2) is 23.0 Å². The molecule has 3 rings (SSSR count). The van der Waals surface area contributed by atoms with Gasteiger partial charge in [-0.1, -0.05) is 25.0 Å². The zero-order valence-electron chi connectivity index (χ0n) is 14.1. The molecule has 1 aromatic heterocycles. The first-order chi connectivity index (χ1) is 11.0. The summed E-state index contributed by atoms with van der Waals surface area (Å²) in [6.45, 7) is 4.80. The maximum absolute atomic E-state index is 12.5. The van der Waals surface area contributed by atoms with Crippen molar-refractivity contribution >= 4 is 16.8 Å². The van der Waals surface area contributed by atoms with Gasteiger partial charge in [-0.15, -0.1) is 0 Å². The summed E-state index contributed by atoms with van der Waals surface area (Å²) in [4.78, 5) is 15.8. The maximum Gasteiger partial charge on any atom is 0.224 e. The molecule has 1 fully saturated rings. The monoisotopic (exact) mass is 313 g/mol. The Balaban J connectivity index is 1.61. The van der Waals surface area contributed by atoms with Crippen molar-refractivity contribution < 1.29 is 4.79 Å². The molecule has 2 aromatic rings. The summed E-state index contributed by atoms with van der Waals surface area (Å²) in [7, 11) is 0. The van der Waals surface area contributed by atoms with Gasteiger partial charge in [-0.05, 0) is 50.3 Å². The summed E-state index contributed by atoms with van der Waals surface area (Å²) in [6.07, 6.45) is 6.97. The van der Waals surface area contributed by atoms with Gasteiger partial charge in [0.05, 0.1) is 5.92 Å². The molecule has 4 N–H and O–H groups in total. The second kappa shape index (κ2) is 6.36. The van der Waals surface area contributed by atoms with Crippen molar-refractivity contribution in [2.75, 3.05) is 6.54 Å². The van der Waals surface area contributed by atoms with E-state index in [4.69, 9.17) is 5.73 Å². The van der Waals surface area contributed by atoms with Crippen molar-refractivity contribution in [3.8, 4) is 0 Å². The molecule has 0 radical (unpaired) electrons. The Bertz CT molecular complexity index is 702. The molecule has 1 amide bonds.